The fourth-order valence-electron chi connectivity index (χ4n) is 1.88. The van der Waals surface area contributed by atoms with Crippen LogP contribution in [0.15, 0.2) is 36.4 Å². The molecule has 0 spiro atoms. The first-order chi connectivity index (χ1) is 11.6. The number of nitrogen functional groups attached to an aromatic ring is 4. The normalized spacial score (nSPS) is 10.5. The average molecular weight is 370 g/mol. The highest BCUT2D eigenvalue weighted by molar-refractivity contribution is 7.79. The summed E-state index contributed by atoms with van der Waals surface area (Å²) >= 11 is 0. The molecule has 0 heterocycles. The smallest absolute Gasteiger partial charge is 0.394 e. The van der Waals surface area contributed by atoms with Crippen LogP contribution in [0.4, 0.5) is 34.1 Å². The second kappa shape index (κ2) is 8.82. The van der Waals surface area contributed by atoms with Crippen molar-refractivity contribution in [3.63, 3.8) is 0 Å². The van der Waals surface area contributed by atoms with Gasteiger partial charge in [-0.1, -0.05) is 0 Å². The molecule has 0 unspecified atom stereocenters. The lowest BCUT2D eigenvalue weighted by Gasteiger charge is -2.12. The SMILES string of the molecule is Nc1ccc(NCCNc2ccc(N)cc2N)c(N)c1.O=S(=O)(O)O. The molecule has 0 saturated heterocycles. The molecule has 25 heavy (non-hydrogen) atoms. The van der Waals surface area contributed by atoms with Gasteiger partial charge in [0.2, 0.25) is 0 Å². The molecule has 0 fully saturated rings. The zero-order chi connectivity index (χ0) is 19.0. The third-order valence-corrected chi connectivity index (χ3v) is 2.91. The molecular weight excluding hydrogens is 348 g/mol. The standard InChI is InChI=1S/C14H20N6.H2O4S/c15-9-1-3-13(11(17)7-9)19-5-6-20-14-4-2-10(16)8-12(14)18;1-5(2,3)4/h1-4,7-8,19-20H,5-6,15-18H2;(H2,1,2,3,4). The van der Waals surface area contributed by atoms with Gasteiger partial charge in [0.15, 0.2) is 0 Å². The Morgan fingerprint density at radius 1 is 0.760 bits per heavy atom. The van der Waals surface area contributed by atoms with Gasteiger partial charge in [0, 0.05) is 24.5 Å². The Balaban J connectivity index is 0.000000550. The molecule has 0 saturated carbocycles. The number of rotatable bonds is 5. The number of benzene rings is 2. The van der Waals surface area contributed by atoms with Crippen LogP contribution < -0.4 is 33.6 Å². The van der Waals surface area contributed by atoms with Crippen LogP contribution in [0.25, 0.3) is 0 Å². The van der Waals surface area contributed by atoms with Crippen molar-refractivity contribution in [2.45, 2.75) is 0 Å². The van der Waals surface area contributed by atoms with Gasteiger partial charge in [-0.15, -0.1) is 0 Å². The molecule has 2 rings (SSSR count). The zero-order valence-corrected chi connectivity index (χ0v) is 14.1. The monoisotopic (exact) mass is 370 g/mol. The maximum absolute atomic E-state index is 8.74. The van der Waals surface area contributed by atoms with Gasteiger partial charge in [0.05, 0.1) is 22.7 Å². The summed E-state index contributed by atoms with van der Waals surface area (Å²) in [6.07, 6.45) is 0. The van der Waals surface area contributed by atoms with E-state index in [0.29, 0.717) is 35.8 Å². The number of nitrogens with two attached hydrogens (primary N) is 4. The first-order valence-corrected chi connectivity index (χ1v) is 8.43. The van der Waals surface area contributed by atoms with Gasteiger partial charge >= 0.3 is 10.4 Å². The summed E-state index contributed by atoms with van der Waals surface area (Å²) in [7, 11) is -4.67. The summed E-state index contributed by atoms with van der Waals surface area (Å²) in [6.45, 7) is 1.41. The van der Waals surface area contributed by atoms with E-state index in [2.05, 4.69) is 10.6 Å². The molecule has 0 amide bonds. The second-order valence-corrected chi connectivity index (χ2v) is 5.89. The van der Waals surface area contributed by atoms with Gasteiger partial charge in [0.25, 0.3) is 0 Å². The predicted molar refractivity (Wildman–Crippen MR) is 102 cm³/mol. The molecule has 138 valence electrons. The van der Waals surface area contributed by atoms with Crippen molar-refractivity contribution in [2.75, 3.05) is 46.7 Å². The van der Waals surface area contributed by atoms with E-state index in [4.69, 9.17) is 40.5 Å². The van der Waals surface area contributed by atoms with E-state index in [1.54, 1.807) is 12.1 Å². The number of hydrogen-bond acceptors (Lipinski definition) is 8. The fourth-order valence-corrected chi connectivity index (χ4v) is 1.88. The Morgan fingerprint density at radius 2 is 1.08 bits per heavy atom. The molecule has 11 heteroatoms. The van der Waals surface area contributed by atoms with E-state index < -0.39 is 10.4 Å². The van der Waals surface area contributed by atoms with Crippen molar-refractivity contribution in [3.05, 3.63) is 36.4 Å². The van der Waals surface area contributed by atoms with Crippen LogP contribution in [0, 0.1) is 0 Å². The van der Waals surface area contributed by atoms with Crippen LogP contribution in [0.1, 0.15) is 0 Å². The van der Waals surface area contributed by atoms with Crippen LogP contribution in [-0.2, 0) is 10.4 Å². The minimum absolute atomic E-state index is 0.636. The molecule has 12 N–H and O–H groups in total. The van der Waals surface area contributed by atoms with Crippen molar-refractivity contribution in [2.24, 2.45) is 0 Å². The Labute approximate surface area is 145 Å². The van der Waals surface area contributed by atoms with E-state index in [-0.39, 0.29) is 0 Å². The first kappa shape index (κ1) is 20.2. The Bertz CT molecular complexity index is 751. The molecule has 0 aliphatic heterocycles. The molecule has 2 aromatic rings. The maximum atomic E-state index is 8.74. The highest BCUT2D eigenvalue weighted by Crippen LogP contribution is 2.22. The van der Waals surface area contributed by atoms with Crippen LogP contribution in [-0.4, -0.2) is 30.6 Å². The Morgan fingerprint density at radius 3 is 1.36 bits per heavy atom. The van der Waals surface area contributed by atoms with Crippen molar-refractivity contribution in [1.82, 2.24) is 0 Å². The zero-order valence-electron chi connectivity index (χ0n) is 13.3. The fraction of sp³-hybridized carbons (Fsp3) is 0.143. The highest BCUT2D eigenvalue weighted by Gasteiger charge is 2.00. The average Bonchev–Trinajstić information content (AvgIpc) is 2.45. The quantitative estimate of drug-likeness (QED) is 0.212. The molecule has 10 nitrogen and oxygen atoms in total. The summed E-state index contributed by atoms with van der Waals surface area (Å²) in [5.41, 5.74) is 27.3. The van der Waals surface area contributed by atoms with Crippen molar-refractivity contribution in [3.8, 4) is 0 Å². The molecule has 2 aromatic carbocycles. The lowest BCUT2D eigenvalue weighted by Crippen LogP contribution is -2.15. The Hall–Kier alpha value is -2.89. The van der Waals surface area contributed by atoms with Gasteiger partial charge in [-0.3, -0.25) is 9.11 Å². The molecule has 0 aliphatic carbocycles. The van der Waals surface area contributed by atoms with Gasteiger partial charge in [0.1, 0.15) is 0 Å². The van der Waals surface area contributed by atoms with Gasteiger partial charge in [-0.2, -0.15) is 8.42 Å². The van der Waals surface area contributed by atoms with Crippen molar-refractivity contribution >= 4 is 44.5 Å². The third-order valence-electron chi connectivity index (χ3n) is 2.91. The molecule has 0 aromatic heterocycles. The minimum Gasteiger partial charge on any atom is -0.399 e. The van der Waals surface area contributed by atoms with Crippen LogP contribution in [0.2, 0.25) is 0 Å². The summed E-state index contributed by atoms with van der Waals surface area (Å²) in [6, 6.07) is 10.8. The highest BCUT2D eigenvalue weighted by atomic mass is 32.3. The third kappa shape index (κ3) is 8.50. The molecule has 0 radical (unpaired) electrons. The number of hydrogen-bond donors (Lipinski definition) is 8. The molecule has 0 aliphatic rings. The van der Waals surface area contributed by atoms with Crippen LogP contribution >= 0.6 is 0 Å². The van der Waals surface area contributed by atoms with Gasteiger partial charge < -0.3 is 33.6 Å². The van der Waals surface area contributed by atoms with E-state index in [1.807, 2.05) is 24.3 Å². The maximum Gasteiger partial charge on any atom is 0.394 e. The minimum atomic E-state index is -4.67. The topological polar surface area (TPSA) is 203 Å². The van der Waals surface area contributed by atoms with Gasteiger partial charge in [-0.25, -0.2) is 0 Å². The molecular formula is C14H22N6O4S. The lowest BCUT2D eigenvalue weighted by atomic mass is 10.2. The van der Waals surface area contributed by atoms with Crippen LogP contribution in [0.3, 0.4) is 0 Å². The van der Waals surface area contributed by atoms with E-state index in [0.717, 1.165) is 11.4 Å². The van der Waals surface area contributed by atoms with E-state index in [1.165, 1.54) is 0 Å². The summed E-state index contributed by atoms with van der Waals surface area (Å²) in [5, 5.41) is 6.47. The first-order valence-electron chi connectivity index (χ1n) is 7.04. The molecule has 0 atom stereocenters. The van der Waals surface area contributed by atoms with Crippen molar-refractivity contribution in [1.29, 1.82) is 0 Å². The lowest BCUT2D eigenvalue weighted by molar-refractivity contribution is 0.381. The summed E-state index contributed by atoms with van der Waals surface area (Å²) < 4.78 is 31.6. The van der Waals surface area contributed by atoms with Gasteiger partial charge in [-0.05, 0) is 36.4 Å². The predicted octanol–water partition coefficient (Wildman–Crippen LogP) is 0.887. The van der Waals surface area contributed by atoms with Crippen molar-refractivity contribution < 1.29 is 17.5 Å². The summed E-state index contributed by atoms with van der Waals surface area (Å²) in [5.74, 6) is 0. The van der Waals surface area contributed by atoms with Crippen LogP contribution in [0.5, 0.6) is 0 Å². The van der Waals surface area contributed by atoms with E-state index >= 15 is 0 Å². The molecule has 0 bridgehead atoms. The van der Waals surface area contributed by atoms with E-state index in [9.17, 15) is 0 Å². The second-order valence-electron chi connectivity index (χ2n) is 4.99. The largest absolute Gasteiger partial charge is 0.399 e. The number of nitrogens with one attached hydrogen (secondary N) is 2. The number of anilines is 6. The summed E-state index contributed by atoms with van der Waals surface area (Å²) in [4.78, 5) is 0. The Kier molecular flexibility index (Phi) is 7.11.